The van der Waals surface area contributed by atoms with E-state index < -0.39 is 26.7 Å². The average Bonchev–Trinajstić information content (AvgIpc) is 2.90. The number of sulfonamides is 1. The topological polar surface area (TPSA) is 58.2 Å². The summed E-state index contributed by atoms with van der Waals surface area (Å²) in [5.74, 6) is 0.343. The standard InChI is InChI=1S/C13H16ClF3N2O2S/c14-10-1-2-12(11(7-10)13(15,16)17)22(20,21)19-6-4-9-3-5-18-8-9/h1-2,7,9,18-19H,3-6,8H2. The predicted octanol–water partition coefficient (Wildman–Crippen LogP) is 2.64. The van der Waals surface area contributed by atoms with Gasteiger partial charge in [-0.3, -0.25) is 0 Å². The molecule has 4 nitrogen and oxygen atoms in total. The summed E-state index contributed by atoms with van der Waals surface area (Å²) in [6, 6.07) is 2.63. The van der Waals surface area contributed by atoms with Crippen LogP contribution >= 0.6 is 11.6 Å². The van der Waals surface area contributed by atoms with Crippen molar-refractivity contribution in [2.24, 2.45) is 5.92 Å². The van der Waals surface area contributed by atoms with E-state index in [1.165, 1.54) is 0 Å². The van der Waals surface area contributed by atoms with Crippen LogP contribution in [0.3, 0.4) is 0 Å². The monoisotopic (exact) mass is 356 g/mol. The molecule has 1 aliphatic heterocycles. The highest BCUT2D eigenvalue weighted by molar-refractivity contribution is 7.89. The molecule has 22 heavy (non-hydrogen) atoms. The second-order valence-corrected chi connectivity index (χ2v) is 7.36. The SMILES string of the molecule is O=S(=O)(NCCC1CCNC1)c1ccc(Cl)cc1C(F)(F)F. The fraction of sp³-hybridized carbons (Fsp3) is 0.538. The first kappa shape index (κ1) is 17.5. The summed E-state index contributed by atoms with van der Waals surface area (Å²) in [5, 5.41) is 2.98. The average molecular weight is 357 g/mol. The molecule has 0 saturated carbocycles. The van der Waals surface area contributed by atoms with Gasteiger partial charge in [0.1, 0.15) is 0 Å². The van der Waals surface area contributed by atoms with Crippen molar-refractivity contribution in [2.45, 2.75) is 23.9 Å². The minimum Gasteiger partial charge on any atom is -0.316 e. The Bertz CT molecular complexity index is 629. The summed E-state index contributed by atoms with van der Waals surface area (Å²) in [6.45, 7) is 1.79. The van der Waals surface area contributed by atoms with Gasteiger partial charge in [0.25, 0.3) is 0 Å². The van der Waals surface area contributed by atoms with Gasteiger partial charge in [0.2, 0.25) is 10.0 Å². The van der Waals surface area contributed by atoms with Gasteiger partial charge in [0.15, 0.2) is 0 Å². The molecular formula is C13H16ClF3N2O2S. The van der Waals surface area contributed by atoms with Crippen LogP contribution in [0, 0.1) is 5.92 Å². The fourth-order valence-electron chi connectivity index (χ4n) is 2.39. The van der Waals surface area contributed by atoms with Gasteiger partial charge in [0.05, 0.1) is 10.5 Å². The van der Waals surface area contributed by atoms with Crippen LogP contribution in [0.5, 0.6) is 0 Å². The first-order valence-electron chi connectivity index (χ1n) is 6.77. The number of nitrogens with one attached hydrogen (secondary N) is 2. The van der Waals surface area contributed by atoms with E-state index in [1.807, 2.05) is 0 Å². The lowest BCUT2D eigenvalue weighted by molar-refractivity contribution is -0.139. The Morgan fingerprint density at radius 3 is 2.68 bits per heavy atom. The number of alkyl halides is 3. The van der Waals surface area contributed by atoms with E-state index in [2.05, 4.69) is 10.0 Å². The highest BCUT2D eigenvalue weighted by Gasteiger charge is 2.37. The molecule has 0 aromatic heterocycles. The molecule has 1 saturated heterocycles. The van der Waals surface area contributed by atoms with Crippen LogP contribution in [-0.2, 0) is 16.2 Å². The van der Waals surface area contributed by atoms with Crippen LogP contribution in [0.15, 0.2) is 23.1 Å². The molecule has 1 unspecified atom stereocenters. The molecule has 0 amide bonds. The van der Waals surface area contributed by atoms with Crippen LogP contribution in [0.4, 0.5) is 13.2 Å². The third kappa shape index (κ3) is 4.34. The molecule has 1 fully saturated rings. The number of rotatable bonds is 5. The van der Waals surface area contributed by atoms with Gasteiger partial charge in [-0.05, 0) is 50.0 Å². The van der Waals surface area contributed by atoms with Crippen molar-refractivity contribution in [3.8, 4) is 0 Å². The van der Waals surface area contributed by atoms with Gasteiger partial charge in [-0.2, -0.15) is 13.2 Å². The maximum Gasteiger partial charge on any atom is 0.417 e. The fourth-order valence-corrected chi connectivity index (χ4v) is 3.82. The summed E-state index contributed by atoms with van der Waals surface area (Å²) < 4.78 is 65.4. The number of hydrogen-bond acceptors (Lipinski definition) is 3. The third-order valence-electron chi connectivity index (χ3n) is 3.54. The molecule has 0 spiro atoms. The Kier molecular flexibility index (Phi) is 5.37. The van der Waals surface area contributed by atoms with E-state index >= 15 is 0 Å². The normalized spacial score (nSPS) is 19.5. The van der Waals surface area contributed by atoms with Gasteiger partial charge in [-0.15, -0.1) is 0 Å². The number of hydrogen-bond donors (Lipinski definition) is 2. The van der Waals surface area contributed by atoms with E-state index in [4.69, 9.17) is 11.6 Å². The Labute approximate surface area is 132 Å². The largest absolute Gasteiger partial charge is 0.417 e. The quantitative estimate of drug-likeness (QED) is 0.852. The molecule has 1 aromatic carbocycles. The van der Waals surface area contributed by atoms with Crippen LogP contribution in [0.25, 0.3) is 0 Å². The third-order valence-corrected chi connectivity index (χ3v) is 5.30. The molecule has 2 rings (SSSR count). The van der Waals surface area contributed by atoms with Gasteiger partial charge >= 0.3 is 6.18 Å². The Hall–Kier alpha value is -0.830. The highest BCUT2D eigenvalue weighted by atomic mass is 35.5. The zero-order valence-corrected chi connectivity index (χ0v) is 13.2. The molecule has 1 aromatic rings. The molecule has 0 radical (unpaired) electrons. The van der Waals surface area contributed by atoms with Crippen molar-refractivity contribution in [2.75, 3.05) is 19.6 Å². The van der Waals surface area contributed by atoms with Gasteiger partial charge < -0.3 is 5.32 Å². The molecule has 9 heteroatoms. The molecule has 1 aliphatic rings. The Morgan fingerprint density at radius 2 is 2.09 bits per heavy atom. The van der Waals surface area contributed by atoms with Crippen molar-refractivity contribution < 1.29 is 21.6 Å². The Morgan fingerprint density at radius 1 is 1.36 bits per heavy atom. The highest BCUT2D eigenvalue weighted by Crippen LogP contribution is 2.35. The van der Waals surface area contributed by atoms with Crippen molar-refractivity contribution in [1.82, 2.24) is 10.0 Å². The second-order valence-electron chi connectivity index (χ2n) is 5.18. The summed E-state index contributed by atoms with van der Waals surface area (Å²) in [6.07, 6.45) is -3.26. The predicted molar refractivity (Wildman–Crippen MR) is 77.2 cm³/mol. The van der Waals surface area contributed by atoms with Crippen molar-refractivity contribution in [3.05, 3.63) is 28.8 Å². The van der Waals surface area contributed by atoms with E-state index in [-0.39, 0.29) is 11.6 Å². The zero-order chi connectivity index (χ0) is 16.4. The minimum atomic E-state index is -4.79. The van der Waals surface area contributed by atoms with Crippen molar-refractivity contribution in [1.29, 1.82) is 0 Å². The summed E-state index contributed by atoms with van der Waals surface area (Å²) in [7, 11) is -4.23. The first-order chi connectivity index (χ1) is 10.2. The molecule has 124 valence electrons. The lowest BCUT2D eigenvalue weighted by atomic mass is 10.1. The van der Waals surface area contributed by atoms with Crippen LogP contribution in [0.2, 0.25) is 5.02 Å². The lowest BCUT2D eigenvalue weighted by Crippen LogP contribution is -2.28. The van der Waals surface area contributed by atoms with E-state index in [1.54, 1.807) is 0 Å². The smallest absolute Gasteiger partial charge is 0.316 e. The molecular weight excluding hydrogens is 341 g/mol. The number of halogens is 4. The maximum atomic E-state index is 13.0. The first-order valence-corrected chi connectivity index (χ1v) is 8.63. The maximum absolute atomic E-state index is 13.0. The molecule has 0 aliphatic carbocycles. The van der Waals surface area contributed by atoms with E-state index in [0.717, 1.165) is 31.6 Å². The van der Waals surface area contributed by atoms with E-state index in [9.17, 15) is 21.6 Å². The van der Waals surface area contributed by atoms with Gasteiger partial charge in [0, 0.05) is 11.6 Å². The summed E-state index contributed by atoms with van der Waals surface area (Å²) in [4.78, 5) is -0.797. The van der Waals surface area contributed by atoms with Crippen LogP contribution in [0.1, 0.15) is 18.4 Å². The van der Waals surface area contributed by atoms with E-state index in [0.29, 0.717) is 18.4 Å². The molecule has 0 bridgehead atoms. The molecule has 1 atom stereocenters. The van der Waals surface area contributed by atoms with Crippen molar-refractivity contribution >= 4 is 21.6 Å². The summed E-state index contributed by atoms with van der Waals surface area (Å²) in [5.41, 5.74) is -1.25. The van der Waals surface area contributed by atoms with Crippen molar-refractivity contribution in [3.63, 3.8) is 0 Å². The zero-order valence-electron chi connectivity index (χ0n) is 11.6. The van der Waals surface area contributed by atoms with Crippen LogP contribution < -0.4 is 10.0 Å². The minimum absolute atomic E-state index is 0.106. The number of benzene rings is 1. The molecule has 2 N–H and O–H groups in total. The van der Waals surface area contributed by atoms with Crippen LogP contribution in [-0.4, -0.2) is 28.1 Å². The summed E-state index contributed by atoms with van der Waals surface area (Å²) >= 11 is 5.54. The lowest BCUT2D eigenvalue weighted by Gasteiger charge is -2.15. The van der Waals surface area contributed by atoms with Gasteiger partial charge in [-0.25, -0.2) is 13.1 Å². The Balaban J connectivity index is 2.14. The second kappa shape index (κ2) is 6.74. The molecule has 1 heterocycles. The van der Waals surface area contributed by atoms with Gasteiger partial charge in [-0.1, -0.05) is 11.6 Å².